The zero-order valence-corrected chi connectivity index (χ0v) is 13.9. The van der Waals surface area contributed by atoms with Crippen LogP contribution in [0.1, 0.15) is 67.2 Å². The summed E-state index contributed by atoms with van der Waals surface area (Å²) in [7, 11) is 0. The number of unbranched alkanes of at least 4 members (excludes halogenated alkanes) is 2. The van der Waals surface area contributed by atoms with Gasteiger partial charge in [0.15, 0.2) is 6.29 Å². The minimum absolute atomic E-state index is 0.0806. The van der Waals surface area contributed by atoms with Gasteiger partial charge in [-0.3, -0.25) is 4.90 Å². The van der Waals surface area contributed by atoms with Gasteiger partial charge in [-0.15, -0.1) is 0 Å². The first-order chi connectivity index (χ1) is 9.02. The third kappa shape index (κ3) is 9.42. The molecular weight excluding hydrogens is 238 g/mol. The number of nitrogens with zero attached hydrogens (tertiary/aromatic N) is 1. The van der Waals surface area contributed by atoms with Gasteiger partial charge in [0.25, 0.3) is 0 Å². The maximum atomic E-state index is 5.90. The van der Waals surface area contributed by atoms with Crippen LogP contribution in [-0.2, 0) is 9.47 Å². The second kappa shape index (κ2) is 11.7. The SMILES string of the molecule is CCCCOC(CN(C(C)C)C(C)C)OCCCC. The summed E-state index contributed by atoms with van der Waals surface area (Å²) < 4.78 is 11.8. The summed E-state index contributed by atoms with van der Waals surface area (Å²) in [6.45, 7) is 15.8. The van der Waals surface area contributed by atoms with E-state index in [1.165, 1.54) is 12.8 Å². The Balaban J connectivity index is 4.26. The molecule has 0 aromatic heterocycles. The van der Waals surface area contributed by atoms with Crippen LogP contribution in [0.25, 0.3) is 0 Å². The van der Waals surface area contributed by atoms with E-state index in [4.69, 9.17) is 9.47 Å². The first-order valence-electron chi connectivity index (χ1n) is 8.01. The maximum absolute atomic E-state index is 5.90. The predicted octanol–water partition coefficient (Wildman–Crippen LogP) is 4.06. The van der Waals surface area contributed by atoms with Crippen LogP contribution in [0.5, 0.6) is 0 Å². The van der Waals surface area contributed by atoms with Crippen molar-refractivity contribution in [2.75, 3.05) is 19.8 Å². The molecule has 0 radical (unpaired) electrons. The van der Waals surface area contributed by atoms with E-state index < -0.39 is 0 Å². The van der Waals surface area contributed by atoms with Gasteiger partial charge in [0.2, 0.25) is 0 Å². The van der Waals surface area contributed by atoms with Crippen molar-refractivity contribution in [3.05, 3.63) is 0 Å². The molecule has 3 nitrogen and oxygen atoms in total. The Morgan fingerprint density at radius 2 is 1.21 bits per heavy atom. The summed E-state index contributed by atoms with van der Waals surface area (Å²) in [6, 6.07) is 1.04. The molecule has 0 unspecified atom stereocenters. The Labute approximate surface area is 120 Å². The van der Waals surface area contributed by atoms with Gasteiger partial charge in [0.05, 0.1) is 6.54 Å². The van der Waals surface area contributed by atoms with Gasteiger partial charge >= 0.3 is 0 Å². The molecule has 0 amide bonds. The lowest BCUT2D eigenvalue weighted by molar-refractivity contribution is -0.159. The molecule has 0 heterocycles. The summed E-state index contributed by atoms with van der Waals surface area (Å²) in [5.41, 5.74) is 0. The molecule has 0 N–H and O–H groups in total. The maximum Gasteiger partial charge on any atom is 0.170 e. The van der Waals surface area contributed by atoms with Gasteiger partial charge < -0.3 is 9.47 Å². The summed E-state index contributed by atoms with van der Waals surface area (Å²) >= 11 is 0. The molecule has 0 aromatic rings. The van der Waals surface area contributed by atoms with Gasteiger partial charge in [-0.25, -0.2) is 0 Å². The Hall–Kier alpha value is -0.120. The lowest BCUT2D eigenvalue weighted by atomic mass is 10.2. The topological polar surface area (TPSA) is 21.7 Å². The highest BCUT2D eigenvalue weighted by Crippen LogP contribution is 2.10. The Kier molecular flexibility index (Phi) is 11.6. The molecule has 0 atom stereocenters. The number of hydrogen-bond acceptors (Lipinski definition) is 3. The highest BCUT2D eigenvalue weighted by atomic mass is 16.7. The largest absolute Gasteiger partial charge is 0.351 e. The van der Waals surface area contributed by atoms with Gasteiger partial charge in [-0.2, -0.15) is 0 Å². The lowest BCUT2D eigenvalue weighted by Gasteiger charge is -2.33. The molecule has 0 aliphatic heterocycles. The molecular formula is C16H35NO2. The smallest absolute Gasteiger partial charge is 0.170 e. The van der Waals surface area contributed by atoms with Crippen LogP contribution in [0.2, 0.25) is 0 Å². The minimum atomic E-state index is -0.0806. The van der Waals surface area contributed by atoms with Crippen LogP contribution in [-0.4, -0.2) is 43.0 Å². The average Bonchev–Trinajstić information content (AvgIpc) is 2.34. The fourth-order valence-electron chi connectivity index (χ4n) is 2.06. The Bertz CT molecular complexity index is 177. The lowest BCUT2D eigenvalue weighted by Crippen LogP contribution is -2.44. The third-order valence-electron chi connectivity index (χ3n) is 3.29. The number of hydrogen-bond donors (Lipinski definition) is 0. The molecule has 0 saturated heterocycles. The molecule has 0 spiro atoms. The van der Waals surface area contributed by atoms with Crippen molar-refractivity contribution in [1.82, 2.24) is 4.90 Å². The van der Waals surface area contributed by atoms with Crippen LogP contribution >= 0.6 is 0 Å². The molecule has 0 aliphatic rings. The van der Waals surface area contributed by atoms with E-state index in [1.54, 1.807) is 0 Å². The molecule has 3 heteroatoms. The third-order valence-corrected chi connectivity index (χ3v) is 3.29. The summed E-state index contributed by atoms with van der Waals surface area (Å²) in [4.78, 5) is 2.43. The van der Waals surface area contributed by atoms with Crippen molar-refractivity contribution >= 4 is 0 Å². The summed E-state index contributed by atoms with van der Waals surface area (Å²) in [5.74, 6) is 0. The van der Waals surface area contributed by atoms with Gasteiger partial charge in [-0.1, -0.05) is 26.7 Å². The van der Waals surface area contributed by atoms with Gasteiger partial charge in [0.1, 0.15) is 0 Å². The van der Waals surface area contributed by atoms with E-state index in [0.29, 0.717) is 12.1 Å². The highest BCUT2D eigenvalue weighted by molar-refractivity contribution is 4.69. The zero-order valence-electron chi connectivity index (χ0n) is 13.9. The molecule has 0 aromatic carbocycles. The van der Waals surface area contributed by atoms with Crippen molar-refractivity contribution in [3.8, 4) is 0 Å². The number of rotatable bonds is 12. The quantitative estimate of drug-likeness (QED) is 0.395. The Morgan fingerprint density at radius 3 is 1.53 bits per heavy atom. The average molecular weight is 273 g/mol. The van der Waals surface area contributed by atoms with Crippen molar-refractivity contribution in [2.45, 2.75) is 85.6 Å². The van der Waals surface area contributed by atoms with Crippen molar-refractivity contribution in [2.24, 2.45) is 0 Å². The van der Waals surface area contributed by atoms with E-state index in [9.17, 15) is 0 Å². The molecule has 0 bridgehead atoms. The Morgan fingerprint density at radius 1 is 0.789 bits per heavy atom. The fraction of sp³-hybridized carbons (Fsp3) is 1.00. The van der Waals surface area contributed by atoms with E-state index in [-0.39, 0.29) is 6.29 Å². The fourth-order valence-corrected chi connectivity index (χ4v) is 2.06. The van der Waals surface area contributed by atoms with E-state index in [1.807, 2.05) is 0 Å². The van der Waals surface area contributed by atoms with E-state index in [0.717, 1.165) is 32.6 Å². The van der Waals surface area contributed by atoms with Crippen molar-refractivity contribution in [1.29, 1.82) is 0 Å². The summed E-state index contributed by atoms with van der Waals surface area (Å²) in [6.07, 6.45) is 4.47. The van der Waals surface area contributed by atoms with E-state index in [2.05, 4.69) is 46.4 Å². The number of ether oxygens (including phenoxy) is 2. The van der Waals surface area contributed by atoms with Gasteiger partial charge in [0, 0.05) is 25.3 Å². The first-order valence-corrected chi connectivity index (χ1v) is 8.01. The molecule has 0 rings (SSSR count). The first kappa shape index (κ1) is 18.9. The van der Waals surface area contributed by atoms with Crippen LogP contribution in [0.3, 0.4) is 0 Å². The molecule has 0 aliphatic carbocycles. The minimum Gasteiger partial charge on any atom is -0.351 e. The molecule has 0 fully saturated rings. The highest BCUT2D eigenvalue weighted by Gasteiger charge is 2.19. The van der Waals surface area contributed by atoms with Crippen LogP contribution < -0.4 is 0 Å². The molecule has 19 heavy (non-hydrogen) atoms. The van der Waals surface area contributed by atoms with Gasteiger partial charge in [-0.05, 0) is 40.5 Å². The monoisotopic (exact) mass is 273 g/mol. The van der Waals surface area contributed by atoms with Crippen LogP contribution in [0.4, 0.5) is 0 Å². The predicted molar refractivity (Wildman–Crippen MR) is 82.5 cm³/mol. The zero-order chi connectivity index (χ0) is 14.7. The second-order valence-electron chi connectivity index (χ2n) is 5.76. The van der Waals surface area contributed by atoms with Crippen molar-refractivity contribution < 1.29 is 9.47 Å². The van der Waals surface area contributed by atoms with Crippen molar-refractivity contribution in [3.63, 3.8) is 0 Å². The van der Waals surface area contributed by atoms with E-state index >= 15 is 0 Å². The molecule has 116 valence electrons. The molecule has 0 saturated carbocycles. The van der Waals surface area contributed by atoms with Crippen LogP contribution in [0, 0.1) is 0 Å². The van der Waals surface area contributed by atoms with Crippen LogP contribution in [0.15, 0.2) is 0 Å². The second-order valence-corrected chi connectivity index (χ2v) is 5.76. The standard InChI is InChI=1S/C16H35NO2/c1-7-9-11-18-16(19-12-10-8-2)13-17(14(3)4)15(5)6/h14-16H,7-13H2,1-6H3. The normalized spacial score (nSPS) is 12.3. The summed E-state index contributed by atoms with van der Waals surface area (Å²) in [5, 5.41) is 0.